The van der Waals surface area contributed by atoms with Gasteiger partial charge in [-0.05, 0) is 33.8 Å². The Labute approximate surface area is 142 Å². The molecule has 1 aliphatic heterocycles. The average Bonchev–Trinajstić information content (AvgIpc) is 2.64. The predicted molar refractivity (Wildman–Crippen MR) is 87.9 cm³/mol. The summed E-state index contributed by atoms with van der Waals surface area (Å²) in [5.41, 5.74) is -1.22. The highest BCUT2D eigenvalue weighted by molar-refractivity contribution is 9.10. The van der Waals surface area contributed by atoms with Gasteiger partial charge in [0.25, 0.3) is 5.69 Å². The van der Waals surface area contributed by atoms with Gasteiger partial charge in [0.05, 0.1) is 34.3 Å². The molecule has 0 bridgehead atoms. The molecule has 1 heterocycles. The SMILES string of the molecule is COC(=O)c1cc(Br)c(B2OC(C)(C)C(C)(C)O2)c([N+](=O)[O-])c1. The number of benzene rings is 1. The molecule has 1 aromatic rings. The first-order valence-electron chi connectivity index (χ1n) is 6.92. The van der Waals surface area contributed by atoms with Crippen LogP contribution in [0.5, 0.6) is 0 Å². The van der Waals surface area contributed by atoms with Crippen molar-refractivity contribution in [1.82, 2.24) is 0 Å². The molecule has 0 aromatic heterocycles. The minimum Gasteiger partial charge on any atom is -0.465 e. The van der Waals surface area contributed by atoms with Crippen molar-refractivity contribution < 1.29 is 23.8 Å². The summed E-state index contributed by atoms with van der Waals surface area (Å²) in [7, 11) is 0.297. The summed E-state index contributed by atoms with van der Waals surface area (Å²) >= 11 is 3.28. The van der Waals surface area contributed by atoms with Crippen LogP contribution in [-0.4, -0.2) is 36.3 Å². The van der Waals surface area contributed by atoms with Gasteiger partial charge in [0.2, 0.25) is 0 Å². The summed E-state index contributed by atoms with van der Waals surface area (Å²) in [5.74, 6) is -0.658. The molecule has 0 spiro atoms. The molecule has 0 radical (unpaired) electrons. The summed E-state index contributed by atoms with van der Waals surface area (Å²) in [6.45, 7) is 7.43. The second-order valence-electron chi connectivity index (χ2n) is 6.23. The molecule has 1 fully saturated rings. The summed E-state index contributed by atoms with van der Waals surface area (Å²) in [6.07, 6.45) is 0. The summed E-state index contributed by atoms with van der Waals surface area (Å²) in [5, 5.41) is 11.4. The third-order valence-corrected chi connectivity index (χ3v) is 4.87. The Balaban J connectivity index is 2.56. The van der Waals surface area contributed by atoms with E-state index in [1.807, 2.05) is 27.7 Å². The van der Waals surface area contributed by atoms with Crippen LogP contribution in [0.2, 0.25) is 0 Å². The second-order valence-corrected chi connectivity index (χ2v) is 7.08. The predicted octanol–water partition coefficient (Wildman–Crippen LogP) is 2.44. The lowest BCUT2D eigenvalue weighted by molar-refractivity contribution is -0.383. The molecule has 0 amide bonds. The lowest BCUT2D eigenvalue weighted by Gasteiger charge is -2.32. The number of nitro benzene ring substituents is 1. The number of hydrogen-bond donors (Lipinski definition) is 0. The highest BCUT2D eigenvalue weighted by Crippen LogP contribution is 2.38. The normalized spacial score (nSPS) is 18.8. The standard InChI is InChI=1S/C14H17BBrNO6/c1-13(2)14(3,4)23-15(22-13)11-9(16)6-8(12(18)21-5)7-10(11)17(19)20/h6-7H,1-5H3. The topological polar surface area (TPSA) is 87.9 Å². The van der Waals surface area contributed by atoms with Gasteiger partial charge >= 0.3 is 13.1 Å². The van der Waals surface area contributed by atoms with Crippen LogP contribution in [0.15, 0.2) is 16.6 Å². The Hall–Kier alpha value is -1.45. The lowest BCUT2D eigenvalue weighted by Crippen LogP contribution is -2.41. The van der Waals surface area contributed by atoms with Crippen LogP contribution in [0.4, 0.5) is 5.69 Å². The Bertz CT molecular complexity index is 659. The molecule has 0 saturated carbocycles. The van der Waals surface area contributed by atoms with Crippen LogP contribution in [-0.2, 0) is 14.0 Å². The molecule has 124 valence electrons. The average molecular weight is 386 g/mol. The van der Waals surface area contributed by atoms with E-state index in [2.05, 4.69) is 20.7 Å². The van der Waals surface area contributed by atoms with E-state index in [9.17, 15) is 14.9 Å². The van der Waals surface area contributed by atoms with Gasteiger partial charge in [0.15, 0.2) is 0 Å². The largest absolute Gasteiger partial charge is 0.503 e. The number of esters is 1. The molecule has 0 unspecified atom stereocenters. The number of methoxy groups -OCH3 is 1. The van der Waals surface area contributed by atoms with Gasteiger partial charge in [0.1, 0.15) is 0 Å². The van der Waals surface area contributed by atoms with E-state index in [-0.39, 0.29) is 16.7 Å². The quantitative estimate of drug-likeness (QED) is 0.343. The minimum atomic E-state index is -0.915. The molecule has 2 rings (SSSR count). The fourth-order valence-corrected chi connectivity index (χ4v) is 2.82. The molecule has 9 heteroatoms. The maximum Gasteiger partial charge on any atom is 0.503 e. The van der Waals surface area contributed by atoms with Crippen molar-refractivity contribution in [3.05, 3.63) is 32.3 Å². The van der Waals surface area contributed by atoms with Crippen LogP contribution in [0.3, 0.4) is 0 Å². The van der Waals surface area contributed by atoms with E-state index < -0.39 is 29.2 Å². The number of rotatable bonds is 3. The Kier molecular flexibility index (Phi) is 4.58. The molecule has 1 aromatic carbocycles. The van der Waals surface area contributed by atoms with Gasteiger partial charge in [-0.3, -0.25) is 10.1 Å². The molecule has 1 saturated heterocycles. The smallest absolute Gasteiger partial charge is 0.465 e. The van der Waals surface area contributed by atoms with Gasteiger partial charge in [-0.15, -0.1) is 0 Å². The first-order valence-corrected chi connectivity index (χ1v) is 7.71. The van der Waals surface area contributed by atoms with E-state index in [1.165, 1.54) is 13.2 Å². The fourth-order valence-electron chi connectivity index (χ4n) is 2.18. The van der Waals surface area contributed by atoms with Gasteiger partial charge in [0, 0.05) is 10.5 Å². The first-order chi connectivity index (χ1) is 10.5. The van der Waals surface area contributed by atoms with E-state index in [0.717, 1.165) is 6.07 Å². The van der Waals surface area contributed by atoms with Gasteiger partial charge in [-0.1, -0.05) is 15.9 Å². The van der Waals surface area contributed by atoms with Crippen LogP contribution in [0.25, 0.3) is 0 Å². The van der Waals surface area contributed by atoms with E-state index in [4.69, 9.17) is 9.31 Å². The van der Waals surface area contributed by atoms with Gasteiger partial charge < -0.3 is 14.0 Å². The highest BCUT2D eigenvalue weighted by atomic mass is 79.9. The molecular weight excluding hydrogens is 369 g/mol. The molecular formula is C14H17BBrNO6. The third-order valence-electron chi connectivity index (χ3n) is 4.21. The molecule has 0 atom stereocenters. The Morgan fingerprint density at radius 2 is 1.78 bits per heavy atom. The molecule has 0 aliphatic carbocycles. The summed E-state index contributed by atoms with van der Waals surface area (Å²) < 4.78 is 16.7. The number of hydrogen-bond acceptors (Lipinski definition) is 6. The molecule has 23 heavy (non-hydrogen) atoms. The fraction of sp³-hybridized carbons (Fsp3) is 0.500. The van der Waals surface area contributed by atoms with Crippen LogP contribution < -0.4 is 5.46 Å². The highest BCUT2D eigenvalue weighted by Gasteiger charge is 2.54. The monoisotopic (exact) mass is 385 g/mol. The lowest BCUT2D eigenvalue weighted by atomic mass is 9.77. The van der Waals surface area contributed by atoms with Crippen molar-refractivity contribution >= 4 is 40.2 Å². The number of nitrogens with zero attached hydrogens (tertiary/aromatic N) is 1. The van der Waals surface area contributed by atoms with Gasteiger partial charge in [-0.2, -0.15) is 0 Å². The minimum absolute atomic E-state index is 0.0753. The Morgan fingerprint density at radius 3 is 2.22 bits per heavy atom. The maximum atomic E-state index is 11.7. The molecule has 7 nitrogen and oxygen atoms in total. The number of halogens is 1. The summed E-state index contributed by atoms with van der Waals surface area (Å²) in [4.78, 5) is 22.5. The second kappa shape index (κ2) is 5.88. The number of ether oxygens (including phenoxy) is 1. The number of carbonyl (C=O) groups excluding carboxylic acids is 1. The maximum absolute atomic E-state index is 11.7. The van der Waals surface area contributed by atoms with E-state index in [0.29, 0.717) is 4.47 Å². The number of carbonyl (C=O) groups is 1. The van der Waals surface area contributed by atoms with Gasteiger partial charge in [-0.25, -0.2) is 4.79 Å². The van der Waals surface area contributed by atoms with E-state index in [1.54, 1.807) is 0 Å². The molecule has 0 N–H and O–H groups in total. The zero-order valence-electron chi connectivity index (χ0n) is 13.5. The third kappa shape index (κ3) is 3.13. The van der Waals surface area contributed by atoms with Crippen molar-refractivity contribution in [3.8, 4) is 0 Å². The van der Waals surface area contributed by atoms with Crippen molar-refractivity contribution in [2.75, 3.05) is 7.11 Å². The van der Waals surface area contributed by atoms with Crippen LogP contribution in [0, 0.1) is 10.1 Å². The Morgan fingerprint density at radius 1 is 1.26 bits per heavy atom. The first kappa shape index (κ1) is 17.9. The summed E-state index contributed by atoms with van der Waals surface area (Å²) in [6, 6.07) is 2.62. The van der Waals surface area contributed by atoms with Crippen molar-refractivity contribution in [2.45, 2.75) is 38.9 Å². The molecule has 1 aliphatic rings. The van der Waals surface area contributed by atoms with Crippen LogP contribution >= 0.6 is 15.9 Å². The zero-order valence-corrected chi connectivity index (χ0v) is 15.1. The number of nitro groups is 1. The van der Waals surface area contributed by atoms with Crippen molar-refractivity contribution in [1.29, 1.82) is 0 Å². The van der Waals surface area contributed by atoms with Crippen molar-refractivity contribution in [2.24, 2.45) is 0 Å². The van der Waals surface area contributed by atoms with Crippen LogP contribution in [0.1, 0.15) is 38.1 Å². The van der Waals surface area contributed by atoms with E-state index >= 15 is 0 Å². The zero-order chi connectivity index (χ0) is 17.6. The van der Waals surface area contributed by atoms with Crippen molar-refractivity contribution in [3.63, 3.8) is 0 Å².